The van der Waals surface area contributed by atoms with E-state index in [2.05, 4.69) is 30.0 Å². The summed E-state index contributed by atoms with van der Waals surface area (Å²) in [6, 6.07) is 7.38. The van der Waals surface area contributed by atoms with Crippen molar-refractivity contribution in [3.8, 4) is 0 Å². The van der Waals surface area contributed by atoms with Gasteiger partial charge in [0.15, 0.2) is 0 Å². The van der Waals surface area contributed by atoms with Gasteiger partial charge in [-0.15, -0.1) is 0 Å². The molecule has 0 spiro atoms. The number of nitrogens with one attached hydrogen (secondary N) is 3. The Morgan fingerprint density at radius 3 is 2.95 bits per heavy atom. The fraction of sp³-hybridized carbons (Fsp3) is 0.167. The molecule has 0 saturated carbocycles. The minimum atomic E-state index is -0.332. The molecule has 102 valence electrons. The number of aryl methyl sites for hydroxylation is 1. The average molecular weight is 288 g/mol. The van der Waals surface area contributed by atoms with Gasteiger partial charge in [-0.05, 0) is 19.1 Å². The number of carbonyl (C=O) groups is 1. The van der Waals surface area contributed by atoms with Crippen LogP contribution in [-0.4, -0.2) is 25.4 Å². The fourth-order valence-electron chi connectivity index (χ4n) is 1.74. The Morgan fingerprint density at radius 1 is 1.35 bits per heavy atom. The average Bonchev–Trinajstić information content (AvgIpc) is 3.02. The summed E-state index contributed by atoms with van der Waals surface area (Å²) in [7, 11) is 0. The molecule has 0 atom stereocenters. The number of imidazole rings is 1. The largest absolute Gasteiger partial charge is 0.340 e. The van der Waals surface area contributed by atoms with Crippen LogP contribution >= 0.6 is 11.5 Å². The number of amides is 2. The van der Waals surface area contributed by atoms with Gasteiger partial charge >= 0.3 is 6.03 Å². The van der Waals surface area contributed by atoms with Crippen LogP contribution in [0.25, 0.3) is 11.0 Å². The number of aromatic nitrogens is 4. The molecule has 0 bridgehead atoms. The third-order valence-electron chi connectivity index (χ3n) is 2.60. The van der Waals surface area contributed by atoms with E-state index >= 15 is 0 Å². The predicted molar refractivity (Wildman–Crippen MR) is 76.6 cm³/mol. The number of carbonyl (C=O) groups excluding carboxylic acids is 1. The number of urea groups is 1. The summed E-state index contributed by atoms with van der Waals surface area (Å²) in [5, 5.41) is 5.81. The van der Waals surface area contributed by atoms with E-state index < -0.39 is 0 Å². The van der Waals surface area contributed by atoms with Crippen LogP contribution < -0.4 is 10.6 Å². The Balaban J connectivity index is 1.59. The van der Waals surface area contributed by atoms with E-state index in [4.69, 9.17) is 0 Å². The Morgan fingerprint density at radius 2 is 2.20 bits per heavy atom. The lowest BCUT2D eigenvalue weighted by atomic mass is 10.3. The highest BCUT2D eigenvalue weighted by molar-refractivity contribution is 7.09. The number of anilines is 1. The second kappa shape index (κ2) is 5.25. The summed E-state index contributed by atoms with van der Waals surface area (Å²) in [6.07, 6.45) is 0. The van der Waals surface area contributed by atoms with E-state index in [0.717, 1.165) is 22.6 Å². The maximum atomic E-state index is 11.7. The molecular formula is C12H12N6OS. The molecule has 3 N–H and O–H groups in total. The SMILES string of the molecule is Cc1nsc(NC(=O)NCc2nc3ccccc3[nH]2)n1. The molecule has 1 aromatic carbocycles. The summed E-state index contributed by atoms with van der Waals surface area (Å²) in [5.74, 6) is 1.34. The molecule has 7 nitrogen and oxygen atoms in total. The van der Waals surface area contributed by atoms with Crippen molar-refractivity contribution >= 4 is 33.7 Å². The van der Waals surface area contributed by atoms with E-state index in [1.165, 1.54) is 0 Å². The van der Waals surface area contributed by atoms with Gasteiger partial charge in [0.2, 0.25) is 5.13 Å². The standard InChI is InChI=1S/C12H12N6OS/c1-7-14-12(20-18-7)17-11(19)13-6-10-15-8-4-2-3-5-9(8)16-10/h2-5H,6H2,1H3,(H,15,16)(H2,13,14,17,18,19). The highest BCUT2D eigenvalue weighted by Crippen LogP contribution is 2.11. The van der Waals surface area contributed by atoms with Crippen LogP contribution in [0.15, 0.2) is 24.3 Å². The Hall–Kier alpha value is -2.48. The van der Waals surface area contributed by atoms with Gasteiger partial charge < -0.3 is 10.3 Å². The van der Waals surface area contributed by atoms with Gasteiger partial charge in [0.25, 0.3) is 0 Å². The van der Waals surface area contributed by atoms with E-state index in [1.54, 1.807) is 6.92 Å². The third-order valence-corrected chi connectivity index (χ3v) is 3.32. The van der Waals surface area contributed by atoms with Crippen molar-refractivity contribution in [2.24, 2.45) is 0 Å². The van der Waals surface area contributed by atoms with E-state index in [9.17, 15) is 4.79 Å². The second-order valence-electron chi connectivity index (χ2n) is 4.16. The Labute approximate surface area is 118 Å². The molecule has 2 aromatic heterocycles. The lowest BCUT2D eigenvalue weighted by molar-refractivity contribution is 0.251. The van der Waals surface area contributed by atoms with Crippen LogP contribution in [0.2, 0.25) is 0 Å². The van der Waals surface area contributed by atoms with Crippen molar-refractivity contribution < 1.29 is 4.79 Å². The van der Waals surface area contributed by atoms with Crippen LogP contribution in [0.5, 0.6) is 0 Å². The van der Waals surface area contributed by atoms with Crippen LogP contribution in [0.3, 0.4) is 0 Å². The van der Waals surface area contributed by atoms with Crippen LogP contribution in [0.4, 0.5) is 9.93 Å². The molecule has 0 saturated heterocycles. The molecule has 8 heteroatoms. The molecule has 2 heterocycles. The molecule has 0 aliphatic carbocycles. The first kappa shape index (κ1) is 12.5. The number of hydrogen-bond acceptors (Lipinski definition) is 5. The van der Waals surface area contributed by atoms with Gasteiger partial charge in [-0.2, -0.15) is 4.37 Å². The lowest BCUT2D eigenvalue weighted by Gasteiger charge is -2.02. The monoisotopic (exact) mass is 288 g/mol. The molecule has 0 unspecified atom stereocenters. The molecule has 0 aliphatic heterocycles. The number of para-hydroxylation sites is 2. The number of nitrogens with zero attached hydrogens (tertiary/aromatic N) is 3. The zero-order valence-electron chi connectivity index (χ0n) is 10.7. The number of fused-ring (bicyclic) bond motifs is 1. The zero-order valence-corrected chi connectivity index (χ0v) is 11.5. The van der Waals surface area contributed by atoms with Gasteiger partial charge in [-0.25, -0.2) is 14.8 Å². The summed E-state index contributed by atoms with van der Waals surface area (Å²) in [6.45, 7) is 2.09. The highest BCUT2D eigenvalue weighted by atomic mass is 32.1. The molecule has 0 fully saturated rings. The number of benzene rings is 1. The van der Waals surface area contributed by atoms with Gasteiger partial charge in [-0.1, -0.05) is 12.1 Å². The zero-order chi connectivity index (χ0) is 13.9. The van der Waals surface area contributed by atoms with Gasteiger partial charge in [0, 0.05) is 11.5 Å². The van der Waals surface area contributed by atoms with Crippen LogP contribution in [0.1, 0.15) is 11.6 Å². The number of aromatic amines is 1. The molecule has 3 rings (SSSR count). The van der Waals surface area contributed by atoms with E-state index in [1.807, 2.05) is 24.3 Å². The maximum Gasteiger partial charge on any atom is 0.321 e. The number of H-pyrrole nitrogens is 1. The van der Waals surface area contributed by atoms with Crippen LogP contribution in [0, 0.1) is 6.92 Å². The summed E-state index contributed by atoms with van der Waals surface area (Å²) < 4.78 is 3.99. The second-order valence-corrected chi connectivity index (χ2v) is 4.91. The van der Waals surface area contributed by atoms with Crippen molar-refractivity contribution in [3.63, 3.8) is 0 Å². The summed E-state index contributed by atoms with van der Waals surface area (Å²) in [4.78, 5) is 23.2. The Kier molecular flexibility index (Phi) is 3.30. The minimum absolute atomic E-state index is 0.318. The smallest absolute Gasteiger partial charge is 0.321 e. The lowest BCUT2D eigenvalue weighted by Crippen LogP contribution is -2.28. The topological polar surface area (TPSA) is 95.6 Å². The van der Waals surface area contributed by atoms with Crippen molar-refractivity contribution in [2.45, 2.75) is 13.5 Å². The van der Waals surface area contributed by atoms with E-state index in [0.29, 0.717) is 23.3 Å². The molecule has 3 aromatic rings. The van der Waals surface area contributed by atoms with Gasteiger partial charge in [-0.3, -0.25) is 5.32 Å². The van der Waals surface area contributed by atoms with E-state index in [-0.39, 0.29) is 6.03 Å². The Bertz CT molecular complexity index is 716. The molecule has 20 heavy (non-hydrogen) atoms. The normalized spacial score (nSPS) is 10.7. The third kappa shape index (κ3) is 2.75. The van der Waals surface area contributed by atoms with Gasteiger partial charge in [0.05, 0.1) is 17.6 Å². The molecular weight excluding hydrogens is 276 g/mol. The van der Waals surface area contributed by atoms with Crippen molar-refractivity contribution in [2.75, 3.05) is 5.32 Å². The molecule has 2 amide bonds. The minimum Gasteiger partial charge on any atom is -0.340 e. The number of hydrogen-bond donors (Lipinski definition) is 3. The molecule has 0 radical (unpaired) electrons. The summed E-state index contributed by atoms with van der Waals surface area (Å²) in [5.41, 5.74) is 1.83. The molecule has 0 aliphatic rings. The van der Waals surface area contributed by atoms with Crippen molar-refractivity contribution in [1.82, 2.24) is 24.6 Å². The van der Waals surface area contributed by atoms with Crippen LogP contribution in [-0.2, 0) is 6.54 Å². The number of rotatable bonds is 3. The first-order chi connectivity index (χ1) is 9.70. The first-order valence-electron chi connectivity index (χ1n) is 5.99. The highest BCUT2D eigenvalue weighted by Gasteiger charge is 2.07. The van der Waals surface area contributed by atoms with Crippen molar-refractivity contribution in [1.29, 1.82) is 0 Å². The van der Waals surface area contributed by atoms with Crippen molar-refractivity contribution in [3.05, 3.63) is 35.9 Å². The summed E-state index contributed by atoms with van der Waals surface area (Å²) >= 11 is 1.15. The quantitative estimate of drug-likeness (QED) is 0.687. The maximum absolute atomic E-state index is 11.7. The van der Waals surface area contributed by atoms with Gasteiger partial charge in [0.1, 0.15) is 11.6 Å². The fourth-order valence-corrected chi connectivity index (χ4v) is 2.31. The predicted octanol–water partition coefficient (Wildman–Crippen LogP) is 2.04. The first-order valence-corrected chi connectivity index (χ1v) is 6.77.